The van der Waals surface area contributed by atoms with Crippen LogP contribution in [0.3, 0.4) is 0 Å². The Balaban J connectivity index is 2.12. The number of aromatic nitrogens is 2. The molecule has 90 valence electrons. The highest BCUT2D eigenvalue weighted by atomic mass is 35.5. The van der Waals surface area contributed by atoms with Crippen LogP contribution in [-0.4, -0.2) is 9.55 Å². The highest BCUT2D eigenvalue weighted by molar-refractivity contribution is 7.98. The predicted octanol–water partition coefficient (Wildman–Crippen LogP) is 3.26. The van der Waals surface area contributed by atoms with Crippen LogP contribution in [0.4, 0.5) is 5.69 Å². The summed E-state index contributed by atoms with van der Waals surface area (Å²) >= 11 is 7.61. The number of rotatable bonds is 3. The third-order valence-corrected chi connectivity index (χ3v) is 3.97. The second kappa shape index (κ2) is 5.02. The lowest BCUT2D eigenvalue weighted by Gasteiger charge is -2.06. The summed E-state index contributed by atoms with van der Waals surface area (Å²) in [6.45, 7) is 2.06. The molecule has 17 heavy (non-hydrogen) atoms. The first-order chi connectivity index (χ1) is 8.08. The third kappa shape index (κ3) is 2.76. The molecule has 0 amide bonds. The summed E-state index contributed by atoms with van der Waals surface area (Å²) in [6.07, 6.45) is 1.66. The number of nitrogen functional groups attached to an aromatic ring is 1. The molecule has 0 aliphatic carbocycles. The molecule has 0 radical (unpaired) electrons. The van der Waals surface area contributed by atoms with Crippen molar-refractivity contribution in [1.82, 2.24) is 9.55 Å². The summed E-state index contributed by atoms with van der Waals surface area (Å²) in [6, 6.07) is 6.03. The van der Waals surface area contributed by atoms with Crippen LogP contribution < -0.4 is 5.73 Å². The van der Waals surface area contributed by atoms with Gasteiger partial charge in [-0.2, -0.15) is 0 Å². The number of hydrogen-bond acceptors (Lipinski definition) is 3. The van der Waals surface area contributed by atoms with Gasteiger partial charge in [0.25, 0.3) is 0 Å². The van der Waals surface area contributed by atoms with E-state index in [-0.39, 0.29) is 0 Å². The van der Waals surface area contributed by atoms with Crippen molar-refractivity contribution < 1.29 is 0 Å². The second-order valence-electron chi connectivity index (χ2n) is 3.89. The summed E-state index contributed by atoms with van der Waals surface area (Å²) in [5.41, 5.74) is 7.94. The molecular formula is C12H14ClN3S. The molecule has 5 heteroatoms. The topological polar surface area (TPSA) is 43.8 Å². The first kappa shape index (κ1) is 12.3. The highest BCUT2D eigenvalue weighted by Gasteiger charge is 2.06. The monoisotopic (exact) mass is 267 g/mol. The quantitative estimate of drug-likeness (QED) is 0.686. The molecule has 0 saturated heterocycles. The van der Waals surface area contributed by atoms with Gasteiger partial charge in [-0.1, -0.05) is 17.7 Å². The van der Waals surface area contributed by atoms with Crippen LogP contribution in [-0.2, 0) is 12.8 Å². The van der Waals surface area contributed by atoms with Crippen molar-refractivity contribution in [1.29, 1.82) is 0 Å². The van der Waals surface area contributed by atoms with Crippen molar-refractivity contribution >= 4 is 29.1 Å². The Bertz CT molecular complexity index is 537. The molecule has 0 bridgehead atoms. The first-order valence-electron chi connectivity index (χ1n) is 5.23. The van der Waals surface area contributed by atoms with Gasteiger partial charge in [0.2, 0.25) is 0 Å². The zero-order chi connectivity index (χ0) is 12.4. The minimum absolute atomic E-state index is 0.651. The number of halogens is 1. The molecule has 2 aromatic rings. The number of benzene rings is 1. The summed E-state index contributed by atoms with van der Waals surface area (Å²) in [5, 5.41) is 0.651. The third-order valence-electron chi connectivity index (χ3n) is 2.55. The lowest BCUT2D eigenvalue weighted by Crippen LogP contribution is -1.96. The normalized spacial score (nSPS) is 10.8. The molecule has 0 unspecified atom stereocenters. The molecule has 2 rings (SSSR count). The van der Waals surface area contributed by atoms with E-state index in [1.54, 1.807) is 18.0 Å². The van der Waals surface area contributed by atoms with Crippen molar-refractivity contribution in [2.45, 2.75) is 17.6 Å². The number of anilines is 1. The zero-order valence-corrected chi connectivity index (χ0v) is 11.3. The summed E-state index contributed by atoms with van der Waals surface area (Å²) in [5.74, 6) is 1.71. The van der Waals surface area contributed by atoms with Crippen molar-refractivity contribution in [2.24, 2.45) is 7.05 Å². The minimum atomic E-state index is 0.651. The molecule has 0 saturated carbocycles. The predicted molar refractivity (Wildman–Crippen MR) is 73.4 cm³/mol. The molecule has 0 aliphatic rings. The standard InChI is InChI=1S/C12H14ClN3S/c1-8-3-4-9(14)10(5-8)17-7-12-15-6-11(13)16(12)2/h3-6H,7,14H2,1-2H3. The Morgan fingerprint density at radius 3 is 2.88 bits per heavy atom. The molecule has 1 aromatic heterocycles. The van der Waals surface area contributed by atoms with Gasteiger partial charge in [-0.05, 0) is 24.6 Å². The lowest BCUT2D eigenvalue weighted by atomic mass is 10.2. The highest BCUT2D eigenvalue weighted by Crippen LogP contribution is 2.29. The zero-order valence-electron chi connectivity index (χ0n) is 9.77. The smallest absolute Gasteiger partial charge is 0.128 e. The van der Waals surface area contributed by atoms with Gasteiger partial charge < -0.3 is 10.3 Å². The van der Waals surface area contributed by atoms with Crippen LogP contribution >= 0.6 is 23.4 Å². The average molecular weight is 268 g/mol. The molecular weight excluding hydrogens is 254 g/mol. The summed E-state index contributed by atoms with van der Waals surface area (Å²) in [4.78, 5) is 5.34. The molecule has 2 N–H and O–H groups in total. The van der Waals surface area contributed by atoms with E-state index in [4.69, 9.17) is 17.3 Å². The van der Waals surface area contributed by atoms with E-state index in [2.05, 4.69) is 18.0 Å². The van der Waals surface area contributed by atoms with Crippen LogP contribution in [0.1, 0.15) is 11.4 Å². The van der Waals surface area contributed by atoms with E-state index in [1.807, 2.05) is 23.7 Å². The Hall–Kier alpha value is -1.13. The van der Waals surface area contributed by atoms with E-state index in [0.717, 1.165) is 22.2 Å². The van der Waals surface area contributed by atoms with Gasteiger partial charge in [0.1, 0.15) is 11.0 Å². The first-order valence-corrected chi connectivity index (χ1v) is 6.59. The fraction of sp³-hybridized carbons (Fsp3) is 0.250. The van der Waals surface area contributed by atoms with E-state index in [9.17, 15) is 0 Å². The van der Waals surface area contributed by atoms with E-state index >= 15 is 0 Å². The van der Waals surface area contributed by atoms with Gasteiger partial charge in [0.05, 0.1) is 11.9 Å². The second-order valence-corrected chi connectivity index (χ2v) is 5.29. The van der Waals surface area contributed by atoms with Crippen molar-refractivity contribution in [2.75, 3.05) is 5.73 Å². The van der Waals surface area contributed by atoms with Crippen molar-refractivity contribution in [3.05, 3.63) is 40.9 Å². The van der Waals surface area contributed by atoms with Crippen LogP contribution in [0.5, 0.6) is 0 Å². The number of nitrogens with two attached hydrogens (primary N) is 1. The summed E-state index contributed by atoms with van der Waals surface area (Å²) < 4.78 is 1.88. The number of imidazole rings is 1. The van der Waals surface area contributed by atoms with Gasteiger partial charge in [-0.15, -0.1) is 11.8 Å². The molecule has 0 aliphatic heterocycles. The maximum absolute atomic E-state index is 5.93. The number of aryl methyl sites for hydroxylation is 1. The van der Waals surface area contributed by atoms with E-state index in [0.29, 0.717) is 5.15 Å². The van der Waals surface area contributed by atoms with Gasteiger partial charge >= 0.3 is 0 Å². The Kier molecular flexibility index (Phi) is 3.64. The largest absolute Gasteiger partial charge is 0.398 e. The van der Waals surface area contributed by atoms with Crippen LogP contribution in [0, 0.1) is 6.92 Å². The average Bonchev–Trinajstić information content (AvgIpc) is 2.62. The Morgan fingerprint density at radius 1 is 1.47 bits per heavy atom. The number of nitrogens with zero attached hydrogens (tertiary/aromatic N) is 2. The fourth-order valence-electron chi connectivity index (χ4n) is 1.47. The molecule has 0 fully saturated rings. The fourth-order valence-corrected chi connectivity index (χ4v) is 2.67. The maximum atomic E-state index is 5.93. The van der Waals surface area contributed by atoms with Gasteiger partial charge in [0.15, 0.2) is 0 Å². The van der Waals surface area contributed by atoms with Crippen LogP contribution in [0.2, 0.25) is 5.15 Å². The van der Waals surface area contributed by atoms with Gasteiger partial charge in [-0.3, -0.25) is 0 Å². The van der Waals surface area contributed by atoms with Gasteiger partial charge in [0, 0.05) is 17.6 Å². The number of hydrogen-bond donors (Lipinski definition) is 1. The number of thioether (sulfide) groups is 1. The Labute approximate surface area is 110 Å². The lowest BCUT2D eigenvalue weighted by molar-refractivity contribution is 0.850. The van der Waals surface area contributed by atoms with Gasteiger partial charge in [-0.25, -0.2) is 4.98 Å². The Morgan fingerprint density at radius 2 is 2.24 bits per heavy atom. The van der Waals surface area contributed by atoms with Crippen LogP contribution in [0.25, 0.3) is 0 Å². The molecule has 0 spiro atoms. The van der Waals surface area contributed by atoms with Crippen molar-refractivity contribution in [3.8, 4) is 0 Å². The SMILES string of the molecule is Cc1ccc(N)c(SCc2ncc(Cl)n2C)c1. The molecule has 1 aromatic carbocycles. The minimum Gasteiger partial charge on any atom is -0.398 e. The van der Waals surface area contributed by atoms with Crippen LogP contribution in [0.15, 0.2) is 29.3 Å². The van der Waals surface area contributed by atoms with E-state index < -0.39 is 0 Å². The molecule has 3 nitrogen and oxygen atoms in total. The summed E-state index contributed by atoms with van der Waals surface area (Å²) in [7, 11) is 1.91. The van der Waals surface area contributed by atoms with E-state index in [1.165, 1.54) is 5.56 Å². The maximum Gasteiger partial charge on any atom is 0.128 e. The molecule has 0 atom stereocenters. The molecule has 1 heterocycles. The van der Waals surface area contributed by atoms with Crippen molar-refractivity contribution in [3.63, 3.8) is 0 Å².